The van der Waals surface area contributed by atoms with Crippen LogP contribution in [0.2, 0.25) is 0 Å². The molecule has 1 aromatic rings. The van der Waals surface area contributed by atoms with Crippen LogP contribution < -0.4 is 16.4 Å². The number of aliphatic carboxylic acids is 1. The van der Waals surface area contributed by atoms with Gasteiger partial charge in [0.25, 0.3) is 0 Å². The summed E-state index contributed by atoms with van der Waals surface area (Å²) in [6, 6.07) is 5.87. The lowest BCUT2D eigenvalue weighted by molar-refractivity contribution is -0.149. The van der Waals surface area contributed by atoms with Crippen molar-refractivity contribution in [3.63, 3.8) is 0 Å². The Balaban J connectivity index is 1.98. The average molecular weight is 447 g/mol. The van der Waals surface area contributed by atoms with E-state index >= 15 is 0 Å². The third kappa shape index (κ3) is 7.05. The molecular weight excluding hydrogens is 412 g/mol. The predicted octanol–water partition coefficient (Wildman–Crippen LogP) is 0.668. The average Bonchev–Trinajstić information content (AvgIpc) is 3.23. The van der Waals surface area contributed by atoms with Gasteiger partial charge in [0.05, 0.1) is 6.04 Å². The van der Waals surface area contributed by atoms with Crippen LogP contribution in [-0.4, -0.2) is 64.4 Å². The zero-order valence-electron chi connectivity index (χ0n) is 18.9. The first-order valence-corrected chi connectivity index (χ1v) is 11.0. The lowest BCUT2D eigenvalue weighted by Crippen LogP contribution is -2.56. The number of carboxylic acids is 1. The van der Waals surface area contributed by atoms with Crippen LogP contribution >= 0.6 is 0 Å². The Morgan fingerprint density at radius 3 is 2.34 bits per heavy atom. The molecule has 0 saturated carbocycles. The standard InChI is InChI=1S/C23H34N4O5/c1-14(2)12-18(22(30)27-11-7-10-19(27)23(31)32)26-20(28)15(3)25-21(29)17(24)13-16-8-5-4-6-9-16/h4-6,8-9,14-15,17-19H,7,10-13,24H2,1-3H3,(H,25,29)(H,26,28)(H,31,32)/t15-,17-,18-,19-/m0/s1. The third-order valence-corrected chi connectivity index (χ3v) is 5.53. The van der Waals surface area contributed by atoms with Crippen LogP contribution in [0, 0.1) is 5.92 Å². The molecule has 1 heterocycles. The molecule has 32 heavy (non-hydrogen) atoms. The second kappa shape index (κ2) is 11.6. The summed E-state index contributed by atoms with van der Waals surface area (Å²) in [5, 5.41) is 14.7. The molecule has 0 spiro atoms. The van der Waals surface area contributed by atoms with Gasteiger partial charge in [0.2, 0.25) is 17.7 Å². The van der Waals surface area contributed by atoms with Gasteiger partial charge in [-0.05, 0) is 44.1 Å². The topological polar surface area (TPSA) is 142 Å². The van der Waals surface area contributed by atoms with E-state index in [1.807, 2.05) is 44.2 Å². The highest BCUT2D eigenvalue weighted by Crippen LogP contribution is 2.20. The van der Waals surface area contributed by atoms with Gasteiger partial charge in [-0.3, -0.25) is 14.4 Å². The first-order chi connectivity index (χ1) is 15.1. The van der Waals surface area contributed by atoms with Crippen LogP contribution in [0.5, 0.6) is 0 Å². The fraction of sp³-hybridized carbons (Fsp3) is 0.565. The smallest absolute Gasteiger partial charge is 0.326 e. The quantitative estimate of drug-likeness (QED) is 0.416. The molecule has 1 aromatic carbocycles. The molecule has 0 unspecified atom stereocenters. The summed E-state index contributed by atoms with van der Waals surface area (Å²) in [5.41, 5.74) is 6.89. The summed E-state index contributed by atoms with van der Waals surface area (Å²) in [6.07, 6.45) is 1.70. The number of carbonyl (C=O) groups is 4. The van der Waals surface area contributed by atoms with Gasteiger partial charge in [-0.25, -0.2) is 4.79 Å². The summed E-state index contributed by atoms with van der Waals surface area (Å²) < 4.78 is 0. The first kappa shape index (κ1) is 25.3. The Hall–Kier alpha value is -2.94. The molecule has 0 bridgehead atoms. The highest BCUT2D eigenvalue weighted by Gasteiger charge is 2.38. The maximum Gasteiger partial charge on any atom is 0.326 e. The summed E-state index contributed by atoms with van der Waals surface area (Å²) >= 11 is 0. The van der Waals surface area contributed by atoms with Crippen molar-refractivity contribution in [1.29, 1.82) is 0 Å². The minimum atomic E-state index is -1.04. The number of carbonyl (C=O) groups excluding carboxylic acids is 3. The molecule has 9 heteroatoms. The molecule has 9 nitrogen and oxygen atoms in total. The maximum absolute atomic E-state index is 13.0. The van der Waals surface area contributed by atoms with Crippen LogP contribution in [0.15, 0.2) is 30.3 Å². The van der Waals surface area contributed by atoms with Crippen molar-refractivity contribution in [2.24, 2.45) is 11.7 Å². The maximum atomic E-state index is 13.0. The van der Waals surface area contributed by atoms with Crippen LogP contribution in [0.4, 0.5) is 0 Å². The molecule has 4 atom stereocenters. The fourth-order valence-electron chi connectivity index (χ4n) is 3.82. The minimum absolute atomic E-state index is 0.0966. The van der Waals surface area contributed by atoms with Crippen molar-refractivity contribution >= 4 is 23.7 Å². The summed E-state index contributed by atoms with van der Waals surface area (Å²) in [4.78, 5) is 51.0. The summed E-state index contributed by atoms with van der Waals surface area (Å²) in [7, 11) is 0. The number of hydrogen-bond donors (Lipinski definition) is 4. The van der Waals surface area contributed by atoms with Crippen molar-refractivity contribution in [3.8, 4) is 0 Å². The van der Waals surface area contributed by atoms with E-state index in [0.717, 1.165) is 5.56 Å². The molecule has 0 aromatic heterocycles. The number of amides is 3. The first-order valence-electron chi connectivity index (χ1n) is 11.0. The highest BCUT2D eigenvalue weighted by atomic mass is 16.4. The molecule has 1 aliphatic heterocycles. The fourth-order valence-corrected chi connectivity index (χ4v) is 3.82. The van der Waals surface area contributed by atoms with E-state index in [4.69, 9.17) is 5.73 Å². The molecule has 1 saturated heterocycles. The molecule has 3 amide bonds. The van der Waals surface area contributed by atoms with E-state index < -0.39 is 47.9 Å². The van der Waals surface area contributed by atoms with Crippen molar-refractivity contribution in [1.82, 2.24) is 15.5 Å². The van der Waals surface area contributed by atoms with Crippen LogP contribution in [0.3, 0.4) is 0 Å². The number of benzene rings is 1. The van der Waals surface area contributed by atoms with Gasteiger partial charge in [0, 0.05) is 6.54 Å². The number of carboxylic acid groups (broad SMARTS) is 1. The monoisotopic (exact) mass is 446 g/mol. The normalized spacial score (nSPS) is 18.7. The Morgan fingerprint density at radius 1 is 1.09 bits per heavy atom. The number of likely N-dealkylation sites (tertiary alicyclic amines) is 1. The number of nitrogens with one attached hydrogen (secondary N) is 2. The molecule has 176 valence electrons. The summed E-state index contributed by atoms with van der Waals surface area (Å²) in [5.74, 6) is -2.34. The molecule has 0 aliphatic carbocycles. The van der Waals surface area contributed by atoms with Crippen LogP contribution in [0.1, 0.15) is 45.6 Å². The van der Waals surface area contributed by atoms with Gasteiger partial charge < -0.3 is 26.4 Å². The Bertz CT molecular complexity index is 814. The SMILES string of the molecule is CC(C)C[C@H](NC(=O)[C@H](C)NC(=O)[C@@H](N)Cc1ccccc1)C(=O)N1CCC[C@H]1C(=O)O. The zero-order valence-corrected chi connectivity index (χ0v) is 18.9. The summed E-state index contributed by atoms with van der Waals surface area (Å²) in [6.45, 7) is 5.70. The van der Waals surface area contributed by atoms with Gasteiger partial charge in [-0.2, -0.15) is 0 Å². The van der Waals surface area contributed by atoms with E-state index in [-0.39, 0.29) is 5.92 Å². The second-order valence-corrected chi connectivity index (χ2v) is 8.75. The molecular formula is C23H34N4O5. The largest absolute Gasteiger partial charge is 0.480 e. The third-order valence-electron chi connectivity index (χ3n) is 5.53. The van der Waals surface area contributed by atoms with E-state index in [1.165, 1.54) is 11.8 Å². The van der Waals surface area contributed by atoms with E-state index in [1.54, 1.807) is 0 Å². The molecule has 0 radical (unpaired) electrons. The van der Waals surface area contributed by atoms with Crippen LogP contribution in [-0.2, 0) is 25.6 Å². The Morgan fingerprint density at radius 2 is 1.75 bits per heavy atom. The Kier molecular flexibility index (Phi) is 9.19. The van der Waals surface area contributed by atoms with Gasteiger partial charge in [0.15, 0.2) is 0 Å². The second-order valence-electron chi connectivity index (χ2n) is 8.75. The number of nitrogens with zero attached hydrogens (tertiary/aromatic N) is 1. The minimum Gasteiger partial charge on any atom is -0.480 e. The zero-order chi connectivity index (χ0) is 23.8. The van der Waals surface area contributed by atoms with E-state index in [0.29, 0.717) is 32.2 Å². The highest BCUT2D eigenvalue weighted by molar-refractivity contribution is 5.94. The lowest BCUT2D eigenvalue weighted by atomic mass is 10.0. The molecule has 5 N–H and O–H groups in total. The van der Waals surface area contributed by atoms with Crippen molar-refractivity contribution in [2.75, 3.05) is 6.54 Å². The van der Waals surface area contributed by atoms with E-state index in [9.17, 15) is 24.3 Å². The van der Waals surface area contributed by atoms with Crippen molar-refractivity contribution in [2.45, 2.75) is 70.6 Å². The predicted molar refractivity (Wildman–Crippen MR) is 119 cm³/mol. The van der Waals surface area contributed by atoms with Gasteiger partial charge in [-0.15, -0.1) is 0 Å². The number of nitrogens with two attached hydrogens (primary N) is 1. The molecule has 2 rings (SSSR count). The lowest BCUT2D eigenvalue weighted by Gasteiger charge is -2.29. The van der Waals surface area contributed by atoms with Crippen LogP contribution in [0.25, 0.3) is 0 Å². The van der Waals surface area contributed by atoms with Crippen molar-refractivity contribution in [3.05, 3.63) is 35.9 Å². The number of rotatable bonds is 10. The molecule has 1 fully saturated rings. The van der Waals surface area contributed by atoms with Gasteiger partial charge in [-0.1, -0.05) is 44.2 Å². The van der Waals surface area contributed by atoms with Gasteiger partial charge in [0.1, 0.15) is 18.1 Å². The van der Waals surface area contributed by atoms with Crippen molar-refractivity contribution < 1.29 is 24.3 Å². The Labute approximate surface area is 188 Å². The van der Waals surface area contributed by atoms with E-state index in [2.05, 4.69) is 10.6 Å². The molecule has 1 aliphatic rings. The number of hydrogen-bond acceptors (Lipinski definition) is 5. The van der Waals surface area contributed by atoms with Gasteiger partial charge >= 0.3 is 5.97 Å².